The summed E-state index contributed by atoms with van der Waals surface area (Å²) in [6, 6.07) is 11.4. The van der Waals surface area contributed by atoms with Gasteiger partial charge in [-0.3, -0.25) is 4.79 Å². The van der Waals surface area contributed by atoms with Gasteiger partial charge in [-0.15, -0.1) is 0 Å². The van der Waals surface area contributed by atoms with Crippen molar-refractivity contribution in [3.8, 4) is 0 Å². The first-order valence-corrected chi connectivity index (χ1v) is 7.33. The molecule has 0 aliphatic heterocycles. The van der Waals surface area contributed by atoms with Crippen molar-refractivity contribution in [3.05, 3.63) is 65.2 Å². The molecule has 2 aromatic carbocycles. The smallest absolute Gasteiger partial charge is 0.392 e. The van der Waals surface area contributed by atoms with Crippen LogP contribution in [0.25, 0.3) is 0 Å². The summed E-state index contributed by atoms with van der Waals surface area (Å²) in [5.41, 5.74) is -0.566. The van der Waals surface area contributed by atoms with Crippen LogP contribution in [-0.4, -0.2) is 11.0 Å². The van der Waals surface area contributed by atoms with E-state index in [2.05, 4.69) is 5.32 Å². The van der Waals surface area contributed by atoms with E-state index in [4.69, 9.17) is 5.11 Å². The van der Waals surface area contributed by atoms with Crippen molar-refractivity contribution in [2.24, 2.45) is 0 Å². The largest absolute Gasteiger partial charge is 0.416 e. The van der Waals surface area contributed by atoms with Gasteiger partial charge in [0.25, 0.3) is 0 Å². The number of benzene rings is 2. The third-order valence-corrected chi connectivity index (χ3v) is 3.85. The number of hydrogen-bond acceptors (Lipinski definition) is 2. The number of amides is 1. The van der Waals surface area contributed by atoms with Gasteiger partial charge in [-0.05, 0) is 43.2 Å². The van der Waals surface area contributed by atoms with E-state index in [-0.39, 0.29) is 12.2 Å². The predicted octanol–water partition coefficient (Wildman–Crippen LogP) is 4.11. The van der Waals surface area contributed by atoms with Crippen LogP contribution in [0, 0.1) is 0 Å². The molecule has 0 aromatic heterocycles. The van der Waals surface area contributed by atoms with E-state index in [9.17, 15) is 18.0 Å². The zero-order chi connectivity index (χ0) is 18.0. The van der Waals surface area contributed by atoms with Crippen LogP contribution >= 0.6 is 0 Å². The minimum atomic E-state index is -4.46. The molecule has 0 saturated heterocycles. The maximum absolute atomic E-state index is 12.9. The van der Waals surface area contributed by atoms with Crippen molar-refractivity contribution >= 4 is 11.6 Å². The maximum Gasteiger partial charge on any atom is 0.416 e. The van der Waals surface area contributed by atoms with Gasteiger partial charge in [-0.25, -0.2) is 0 Å². The fraction of sp³-hybridized carbons (Fsp3) is 0.278. The van der Waals surface area contributed by atoms with E-state index in [1.165, 1.54) is 12.1 Å². The Labute approximate surface area is 138 Å². The lowest BCUT2D eigenvalue weighted by Crippen LogP contribution is -2.35. The summed E-state index contributed by atoms with van der Waals surface area (Å²) in [6.45, 7) is 2.96. The summed E-state index contributed by atoms with van der Waals surface area (Å²) in [7, 11) is 0. The van der Waals surface area contributed by atoms with Gasteiger partial charge < -0.3 is 10.4 Å². The molecule has 0 radical (unpaired) electrons. The maximum atomic E-state index is 12.9. The normalized spacial score (nSPS) is 12.1. The molecular weight excluding hydrogens is 319 g/mol. The molecule has 6 heteroatoms. The van der Waals surface area contributed by atoms with Crippen LogP contribution in [0.3, 0.4) is 0 Å². The van der Waals surface area contributed by atoms with Crippen LogP contribution in [0.1, 0.15) is 30.5 Å². The minimum absolute atomic E-state index is 0.166. The number of halogens is 3. The number of carbonyl (C=O) groups is 1. The molecule has 2 N–H and O–H groups in total. The quantitative estimate of drug-likeness (QED) is 0.882. The Kier molecular flexibility index (Phi) is 4.99. The van der Waals surface area contributed by atoms with Crippen molar-refractivity contribution in [1.82, 2.24) is 0 Å². The van der Waals surface area contributed by atoms with Crippen molar-refractivity contribution < 1.29 is 23.1 Å². The Morgan fingerprint density at radius 1 is 1.04 bits per heavy atom. The molecule has 2 aromatic rings. The van der Waals surface area contributed by atoms with Crippen molar-refractivity contribution in [3.63, 3.8) is 0 Å². The Hall–Kier alpha value is -2.34. The molecule has 2 rings (SSSR count). The van der Waals surface area contributed by atoms with Gasteiger partial charge in [-0.2, -0.15) is 13.2 Å². The number of hydrogen-bond donors (Lipinski definition) is 2. The van der Waals surface area contributed by atoms with E-state index < -0.39 is 23.1 Å². The second-order valence-electron chi connectivity index (χ2n) is 6.02. The van der Waals surface area contributed by atoms with E-state index in [1.807, 2.05) is 0 Å². The molecule has 0 heterocycles. The summed E-state index contributed by atoms with van der Waals surface area (Å²) >= 11 is 0. The standard InChI is InChI=1S/C18H18F3NO2/c1-17(2,13-6-4-7-14(10-13)18(19,20)21)16(24)22-15-8-3-5-12(9-15)11-23/h3-10,23H,11H2,1-2H3,(H,22,24). The van der Waals surface area contributed by atoms with Crippen molar-refractivity contribution in [2.75, 3.05) is 5.32 Å². The van der Waals surface area contributed by atoms with Crippen molar-refractivity contribution in [2.45, 2.75) is 32.0 Å². The number of nitrogens with one attached hydrogen (secondary N) is 1. The highest BCUT2D eigenvalue weighted by molar-refractivity contribution is 5.98. The number of aliphatic hydroxyl groups is 1. The van der Waals surface area contributed by atoms with Crippen LogP contribution in [0.4, 0.5) is 18.9 Å². The lowest BCUT2D eigenvalue weighted by Gasteiger charge is -2.25. The van der Waals surface area contributed by atoms with Crippen LogP contribution in [0.2, 0.25) is 0 Å². The summed E-state index contributed by atoms with van der Waals surface area (Å²) in [5, 5.41) is 11.8. The molecule has 0 spiro atoms. The lowest BCUT2D eigenvalue weighted by atomic mass is 9.83. The molecule has 0 bridgehead atoms. The molecule has 0 atom stereocenters. The fourth-order valence-electron chi connectivity index (χ4n) is 2.25. The number of rotatable bonds is 4. The summed E-state index contributed by atoms with van der Waals surface area (Å²) in [6.07, 6.45) is -4.46. The summed E-state index contributed by atoms with van der Waals surface area (Å²) < 4.78 is 38.6. The Bertz CT molecular complexity index is 739. The van der Waals surface area contributed by atoms with Crippen molar-refractivity contribution in [1.29, 1.82) is 0 Å². The molecule has 0 unspecified atom stereocenters. The van der Waals surface area contributed by atoms with Gasteiger partial charge >= 0.3 is 6.18 Å². The molecule has 0 aliphatic carbocycles. The minimum Gasteiger partial charge on any atom is -0.392 e. The van der Waals surface area contributed by atoms with Gasteiger partial charge in [0.2, 0.25) is 5.91 Å². The number of carbonyl (C=O) groups excluding carboxylic acids is 1. The van der Waals surface area contributed by atoms with Gasteiger partial charge in [0, 0.05) is 5.69 Å². The third-order valence-electron chi connectivity index (χ3n) is 3.85. The van der Waals surface area contributed by atoms with E-state index in [0.29, 0.717) is 11.3 Å². The zero-order valence-electron chi connectivity index (χ0n) is 13.3. The fourth-order valence-corrected chi connectivity index (χ4v) is 2.25. The second kappa shape index (κ2) is 6.65. The molecule has 3 nitrogen and oxygen atoms in total. The average Bonchev–Trinajstić information content (AvgIpc) is 2.54. The third kappa shape index (κ3) is 3.94. The van der Waals surface area contributed by atoms with Gasteiger partial charge in [0.05, 0.1) is 17.6 Å². The second-order valence-corrected chi connectivity index (χ2v) is 6.02. The molecule has 24 heavy (non-hydrogen) atoms. The highest BCUT2D eigenvalue weighted by Crippen LogP contribution is 2.33. The van der Waals surface area contributed by atoms with Gasteiger partial charge in [0.1, 0.15) is 0 Å². The first-order valence-electron chi connectivity index (χ1n) is 7.33. The average molecular weight is 337 g/mol. The van der Waals surface area contributed by atoms with Gasteiger partial charge in [-0.1, -0.05) is 30.3 Å². The number of anilines is 1. The monoisotopic (exact) mass is 337 g/mol. The lowest BCUT2D eigenvalue weighted by molar-refractivity contribution is -0.137. The topological polar surface area (TPSA) is 49.3 Å². The van der Waals surface area contributed by atoms with Crippen LogP contribution in [0.5, 0.6) is 0 Å². The summed E-state index contributed by atoms with van der Waals surface area (Å²) in [5.74, 6) is -0.433. The first kappa shape index (κ1) is 18.0. The highest BCUT2D eigenvalue weighted by atomic mass is 19.4. The first-order chi connectivity index (χ1) is 11.1. The van der Waals surface area contributed by atoms with Crippen LogP contribution in [-0.2, 0) is 23.0 Å². The molecule has 1 amide bonds. The molecule has 0 aliphatic rings. The highest BCUT2D eigenvalue weighted by Gasteiger charge is 2.34. The van der Waals surface area contributed by atoms with E-state index in [1.54, 1.807) is 38.1 Å². The van der Waals surface area contributed by atoms with Crippen LogP contribution < -0.4 is 5.32 Å². The SMILES string of the molecule is CC(C)(C(=O)Nc1cccc(CO)c1)c1cccc(C(F)(F)F)c1. The van der Waals surface area contributed by atoms with Gasteiger partial charge in [0.15, 0.2) is 0 Å². The van der Waals surface area contributed by atoms with Crippen LogP contribution in [0.15, 0.2) is 48.5 Å². The summed E-state index contributed by atoms with van der Waals surface area (Å²) in [4.78, 5) is 12.5. The molecular formula is C18H18F3NO2. The zero-order valence-corrected chi connectivity index (χ0v) is 13.3. The number of aliphatic hydroxyl groups excluding tert-OH is 1. The predicted molar refractivity (Wildman–Crippen MR) is 85.5 cm³/mol. The Morgan fingerprint density at radius 3 is 2.29 bits per heavy atom. The molecule has 0 saturated carbocycles. The Balaban J connectivity index is 2.27. The molecule has 0 fully saturated rings. The van der Waals surface area contributed by atoms with E-state index in [0.717, 1.165) is 12.1 Å². The van der Waals surface area contributed by atoms with E-state index >= 15 is 0 Å². The number of alkyl halides is 3. The Morgan fingerprint density at radius 2 is 1.67 bits per heavy atom. The molecule has 128 valence electrons.